The van der Waals surface area contributed by atoms with Gasteiger partial charge < -0.3 is 10.2 Å². The molecule has 0 fully saturated rings. The maximum absolute atomic E-state index is 14.4. The Bertz CT molecular complexity index is 1710. The van der Waals surface area contributed by atoms with E-state index in [1.54, 1.807) is 25.1 Å². The molecule has 0 spiro atoms. The normalized spacial score (nSPS) is 11.4. The summed E-state index contributed by atoms with van der Waals surface area (Å²) in [5, 5.41) is 26.2. The first-order valence-corrected chi connectivity index (χ1v) is 12.0. The van der Waals surface area contributed by atoms with Crippen LogP contribution in [0.5, 0.6) is 11.5 Å². The van der Waals surface area contributed by atoms with Gasteiger partial charge >= 0.3 is 0 Å². The molecule has 6 aromatic rings. The third-order valence-corrected chi connectivity index (χ3v) is 6.82. The highest BCUT2D eigenvalue weighted by Crippen LogP contribution is 2.51. The van der Waals surface area contributed by atoms with Crippen molar-refractivity contribution in [3.05, 3.63) is 120 Å². The van der Waals surface area contributed by atoms with Gasteiger partial charge in [0.25, 0.3) is 0 Å². The standard InChI is InChI=1S/C33H21F3O2/c1-18-10-21(12-23(34)11-18)28-15-19-6-2-4-8-26(19)30(32(28)37)31-27-9-5-3-7-20(27)16-29(33(31)38)22-13-24(35)17-25(36)14-22/h2-17,37-38H,1H3. The molecule has 0 saturated heterocycles. The van der Waals surface area contributed by atoms with Gasteiger partial charge in [-0.2, -0.15) is 0 Å². The first kappa shape index (κ1) is 23.6. The molecule has 6 aromatic carbocycles. The van der Waals surface area contributed by atoms with Gasteiger partial charge in [0.15, 0.2) is 0 Å². The monoisotopic (exact) mass is 506 g/mol. The van der Waals surface area contributed by atoms with Gasteiger partial charge in [-0.3, -0.25) is 0 Å². The number of rotatable bonds is 3. The number of benzene rings is 6. The van der Waals surface area contributed by atoms with E-state index in [4.69, 9.17) is 0 Å². The van der Waals surface area contributed by atoms with Gasteiger partial charge in [0.2, 0.25) is 0 Å². The SMILES string of the molecule is Cc1cc(F)cc(-c2cc3ccccc3c(-c3c(O)c(-c4cc(F)cc(F)c4)cc4ccccc34)c2O)c1. The highest BCUT2D eigenvalue weighted by molar-refractivity contribution is 6.13. The second-order valence-corrected chi connectivity index (χ2v) is 9.41. The van der Waals surface area contributed by atoms with E-state index in [2.05, 4.69) is 0 Å². The number of phenolic OH excluding ortho intramolecular Hbond substituents is 2. The summed E-state index contributed by atoms with van der Waals surface area (Å²) in [6.07, 6.45) is 0. The lowest BCUT2D eigenvalue weighted by atomic mass is 9.86. The maximum Gasteiger partial charge on any atom is 0.132 e. The van der Waals surface area contributed by atoms with Crippen molar-refractivity contribution in [2.24, 2.45) is 0 Å². The van der Waals surface area contributed by atoms with Crippen molar-refractivity contribution in [2.75, 3.05) is 0 Å². The van der Waals surface area contributed by atoms with Crippen molar-refractivity contribution in [3.8, 4) is 44.9 Å². The first-order valence-electron chi connectivity index (χ1n) is 12.0. The number of fused-ring (bicyclic) bond motifs is 2. The Morgan fingerprint density at radius 3 is 1.39 bits per heavy atom. The third kappa shape index (κ3) is 3.93. The van der Waals surface area contributed by atoms with Crippen LogP contribution in [0.4, 0.5) is 13.2 Å². The highest BCUT2D eigenvalue weighted by atomic mass is 19.1. The van der Waals surface area contributed by atoms with Crippen molar-refractivity contribution in [1.82, 2.24) is 0 Å². The molecule has 38 heavy (non-hydrogen) atoms. The van der Waals surface area contributed by atoms with Crippen molar-refractivity contribution >= 4 is 21.5 Å². The van der Waals surface area contributed by atoms with Crippen LogP contribution in [0.15, 0.2) is 97.1 Å². The average molecular weight is 507 g/mol. The Morgan fingerprint density at radius 1 is 0.500 bits per heavy atom. The number of aromatic hydroxyl groups is 2. The van der Waals surface area contributed by atoms with E-state index in [0.717, 1.165) is 23.6 Å². The predicted octanol–water partition coefficient (Wildman–Crippen LogP) is 9.13. The molecule has 0 heterocycles. The van der Waals surface area contributed by atoms with E-state index < -0.39 is 17.5 Å². The largest absolute Gasteiger partial charge is 0.507 e. The number of aryl methyl sites for hydroxylation is 1. The lowest BCUT2D eigenvalue weighted by Crippen LogP contribution is -1.93. The quantitative estimate of drug-likeness (QED) is 0.251. The van der Waals surface area contributed by atoms with Gasteiger partial charge in [-0.25, -0.2) is 13.2 Å². The van der Waals surface area contributed by atoms with Crippen LogP contribution in [0.25, 0.3) is 54.9 Å². The molecule has 2 N–H and O–H groups in total. The van der Waals surface area contributed by atoms with Crippen LogP contribution in [0, 0.1) is 24.4 Å². The molecule has 0 aliphatic carbocycles. The zero-order valence-electron chi connectivity index (χ0n) is 20.3. The molecule has 2 nitrogen and oxygen atoms in total. The van der Waals surface area contributed by atoms with E-state index in [0.29, 0.717) is 44.0 Å². The Balaban J connectivity index is 1.77. The summed E-state index contributed by atoms with van der Waals surface area (Å²) in [6.45, 7) is 1.77. The summed E-state index contributed by atoms with van der Waals surface area (Å²) >= 11 is 0. The van der Waals surface area contributed by atoms with Gasteiger partial charge in [0.05, 0.1) is 0 Å². The van der Waals surface area contributed by atoms with Crippen molar-refractivity contribution in [2.45, 2.75) is 6.92 Å². The second-order valence-electron chi connectivity index (χ2n) is 9.41. The summed E-state index contributed by atoms with van der Waals surface area (Å²) in [7, 11) is 0. The van der Waals surface area contributed by atoms with Gasteiger partial charge in [-0.05, 0) is 81.6 Å². The van der Waals surface area contributed by atoms with Crippen LogP contribution < -0.4 is 0 Å². The summed E-state index contributed by atoms with van der Waals surface area (Å²) < 4.78 is 42.7. The van der Waals surface area contributed by atoms with Crippen LogP contribution in [0.2, 0.25) is 0 Å². The summed E-state index contributed by atoms with van der Waals surface area (Å²) in [5.41, 5.74) is 2.60. The fraction of sp³-hybridized carbons (Fsp3) is 0.0303. The summed E-state index contributed by atoms with van der Waals surface area (Å²) in [6, 6.07) is 25.7. The third-order valence-electron chi connectivity index (χ3n) is 6.82. The first-order chi connectivity index (χ1) is 18.3. The van der Waals surface area contributed by atoms with Crippen LogP contribution in [0.1, 0.15) is 5.56 Å². The molecule has 0 amide bonds. The molecule has 0 unspecified atom stereocenters. The van der Waals surface area contributed by atoms with Crippen LogP contribution >= 0.6 is 0 Å². The topological polar surface area (TPSA) is 40.5 Å². The lowest BCUT2D eigenvalue weighted by Gasteiger charge is -2.19. The molecular formula is C33H21F3O2. The smallest absolute Gasteiger partial charge is 0.132 e. The Morgan fingerprint density at radius 2 is 0.921 bits per heavy atom. The van der Waals surface area contributed by atoms with E-state index >= 15 is 0 Å². The van der Waals surface area contributed by atoms with Crippen LogP contribution in [0.3, 0.4) is 0 Å². The molecule has 6 rings (SSSR count). The number of hydrogen-bond acceptors (Lipinski definition) is 2. The number of halogens is 3. The van der Waals surface area contributed by atoms with Gasteiger partial charge in [0, 0.05) is 28.3 Å². The minimum Gasteiger partial charge on any atom is -0.507 e. The number of hydrogen-bond donors (Lipinski definition) is 2. The molecule has 0 atom stereocenters. The van der Waals surface area contributed by atoms with Gasteiger partial charge in [-0.1, -0.05) is 54.6 Å². The molecule has 5 heteroatoms. The van der Waals surface area contributed by atoms with Crippen LogP contribution in [-0.2, 0) is 0 Å². The van der Waals surface area contributed by atoms with Gasteiger partial charge in [0.1, 0.15) is 29.0 Å². The molecule has 0 bridgehead atoms. The van der Waals surface area contributed by atoms with E-state index in [9.17, 15) is 23.4 Å². The van der Waals surface area contributed by atoms with E-state index in [1.807, 2.05) is 48.5 Å². The summed E-state index contributed by atoms with van der Waals surface area (Å²) in [5.74, 6) is -2.35. The molecule has 186 valence electrons. The Kier molecular flexibility index (Phi) is 5.57. The minimum atomic E-state index is -0.772. The molecule has 0 aromatic heterocycles. The average Bonchev–Trinajstić information content (AvgIpc) is 2.87. The summed E-state index contributed by atoms with van der Waals surface area (Å²) in [4.78, 5) is 0. The van der Waals surface area contributed by atoms with E-state index in [1.165, 1.54) is 12.1 Å². The second kappa shape index (κ2) is 8.96. The maximum atomic E-state index is 14.4. The Hall–Kier alpha value is -4.77. The number of phenols is 2. The van der Waals surface area contributed by atoms with Crippen molar-refractivity contribution < 1.29 is 23.4 Å². The fourth-order valence-corrected chi connectivity index (χ4v) is 5.22. The lowest BCUT2D eigenvalue weighted by molar-refractivity contribution is 0.472. The molecule has 0 aliphatic rings. The Labute approximate surface area is 216 Å². The minimum absolute atomic E-state index is 0.142. The van der Waals surface area contributed by atoms with Crippen molar-refractivity contribution in [1.29, 1.82) is 0 Å². The highest BCUT2D eigenvalue weighted by Gasteiger charge is 2.23. The molecular weight excluding hydrogens is 485 g/mol. The molecule has 0 radical (unpaired) electrons. The van der Waals surface area contributed by atoms with Crippen LogP contribution in [-0.4, -0.2) is 10.2 Å². The zero-order valence-corrected chi connectivity index (χ0v) is 20.3. The predicted molar refractivity (Wildman–Crippen MR) is 146 cm³/mol. The zero-order chi connectivity index (χ0) is 26.6. The molecule has 0 aliphatic heterocycles. The van der Waals surface area contributed by atoms with Crippen molar-refractivity contribution in [3.63, 3.8) is 0 Å². The van der Waals surface area contributed by atoms with Gasteiger partial charge in [-0.15, -0.1) is 0 Å². The van der Waals surface area contributed by atoms with E-state index in [-0.39, 0.29) is 22.6 Å². The molecule has 0 saturated carbocycles. The fourth-order valence-electron chi connectivity index (χ4n) is 5.22.